The van der Waals surface area contributed by atoms with E-state index in [4.69, 9.17) is 0 Å². The lowest BCUT2D eigenvalue weighted by molar-refractivity contribution is -0.123. The highest BCUT2D eigenvalue weighted by Gasteiger charge is 2.25. The molecule has 0 aromatic heterocycles. The van der Waals surface area contributed by atoms with E-state index in [0.717, 1.165) is 37.9 Å². The largest absolute Gasteiger partial charge is 0.352 e. The lowest BCUT2D eigenvalue weighted by Crippen LogP contribution is -2.45. The van der Waals surface area contributed by atoms with Crippen LogP contribution < -0.4 is 10.6 Å². The van der Waals surface area contributed by atoms with Crippen LogP contribution in [0.4, 0.5) is 0 Å². The topological polar surface area (TPSA) is 44.4 Å². The molecular weight excluding hydrogens is 250 g/mol. The zero-order valence-corrected chi connectivity index (χ0v) is 13.2. The van der Waals surface area contributed by atoms with Crippen molar-refractivity contribution >= 4 is 5.91 Å². The van der Waals surface area contributed by atoms with Crippen molar-refractivity contribution in [3.8, 4) is 0 Å². The number of carbonyl (C=O) groups excluding carboxylic acids is 1. The van der Waals surface area contributed by atoms with Gasteiger partial charge in [-0.15, -0.1) is 0 Å². The maximum atomic E-state index is 12.0. The minimum Gasteiger partial charge on any atom is -0.352 e. The van der Waals surface area contributed by atoms with E-state index in [2.05, 4.69) is 29.4 Å². The van der Waals surface area contributed by atoms with E-state index >= 15 is 0 Å². The SMILES string of the molecule is CCC(CC)NC(=O)CN1CCC(CNC2CC2)CC1. The molecule has 1 amide bonds. The van der Waals surface area contributed by atoms with Gasteiger partial charge in [-0.1, -0.05) is 13.8 Å². The van der Waals surface area contributed by atoms with Gasteiger partial charge in [0.2, 0.25) is 5.91 Å². The maximum absolute atomic E-state index is 12.0. The molecule has 0 aromatic carbocycles. The third kappa shape index (κ3) is 5.41. The first-order valence-electron chi connectivity index (χ1n) is 8.46. The molecule has 1 heterocycles. The number of hydrogen-bond donors (Lipinski definition) is 2. The Morgan fingerprint density at radius 3 is 2.35 bits per heavy atom. The van der Waals surface area contributed by atoms with E-state index in [9.17, 15) is 4.79 Å². The Morgan fingerprint density at radius 2 is 1.80 bits per heavy atom. The third-order valence-electron chi connectivity index (χ3n) is 4.70. The predicted octanol–water partition coefficient (Wildman–Crippen LogP) is 1.76. The Bertz CT molecular complexity index is 292. The van der Waals surface area contributed by atoms with Crippen LogP contribution in [0.2, 0.25) is 0 Å². The van der Waals surface area contributed by atoms with Crippen LogP contribution in [0.25, 0.3) is 0 Å². The first-order valence-corrected chi connectivity index (χ1v) is 8.46. The summed E-state index contributed by atoms with van der Waals surface area (Å²) in [4.78, 5) is 14.3. The Hall–Kier alpha value is -0.610. The number of carbonyl (C=O) groups is 1. The van der Waals surface area contributed by atoms with Crippen LogP contribution in [0.15, 0.2) is 0 Å². The van der Waals surface area contributed by atoms with Crippen LogP contribution in [0.3, 0.4) is 0 Å². The van der Waals surface area contributed by atoms with E-state index in [1.54, 1.807) is 0 Å². The Balaban J connectivity index is 1.59. The molecule has 2 rings (SSSR count). The molecule has 4 nitrogen and oxygen atoms in total. The van der Waals surface area contributed by atoms with Gasteiger partial charge in [-0.25, -0.2) is 0 Å². The van der Waals surface area contributed by atoms with Crippen LogP contribution in [-0.4, -0.2) is 49.1 Å². The summed E-state index contributed by atoms with van der Waals surface area (Å²) in [5.41, 5.74) is 0. The summed E-state index contributed by atoms with van der Waals surface area (Å²) in [6.45, 7) is 8.18. The number of likely N-dealkylation sites (tertiary alicyclic amines) is 1. The molecule has 0 spiro atoms. The molecule has 1 aliphatic carbocycles. The van der Waals surface area contributed by atoms with Crippen molar-refractivity contribution in [1.82, 2.24) is 15.5 Å². The number of rotatable bonds is 8. The molecule has 0 unspecified atom stereocenters. The zero-order valence-electron chi connectivity index (χ0n) is 13.2. The lowest BCUT2D eigenvalue weighted by atomic mass is 9.97. The van der Waals surface area contributed by atoms with Crippen molar-refractivity contribution in [1.29, 1.82) is 0 Å². The minimum atomic E-state index is 0.202. The number of piperidine rings is 1. The van der Waals surface area contributed by atoms with Crippen molar-refractivity contribution in [2.45, 2.75) is 64.5 Å². The van der Waals surface area contributed by atoms with Crippen LogP contribution in [0.5, 0.6) is 0 Å². The fraction of sp³-hybridized carbons (Fsp3) is 0.938. The smallest absolute Gasteiger partial charge is 0.234 e. The summed E-state index contributed by atoms with van der Waals surface area (Å²) in [6.07, 6.45) is 7.26. The van der Waals surface area contributed by atoms with Crippen LogP contribution in [0.1, 0.15) is 52.4 Å². The van der Waals surface area contributed by atoms with Gasteiger partial charge >= 0.3 is 0 Å². The molecule has 2 fully saturated rings. The molecule has 1 aliphatic heterocycles. The Labute approximate surface area is 123 Å². The maximum Gasteiger partial charge on any atom is 0.234 e. The Kier molecular flexibility index (Phi) is 6.30. The highest BCUT2D eigenvalue weighted by atomic mass is 16.2. The van der Waals surface area contributed by atoms with Crippen LogP contribution in [-0.2, 0) is 4.79 Å². The van der Waals surface area contributed by atoms with Crippen LogP contribution in [0, 0.1) is 5.92 Å². The second-order valence-electron chi connectivity index (χ2n) is 6.48. The molecule has 0 radical (unpaired) electrons. The monoisotopic (exact) mass is 281 g/mol. The van der Waals surface area contributed by atoms with Gasteiger partial charge < -0.3 is 10.6 Å². The molecule has 2 N–H and O–H groups in total. The van der Waals surface area contributed by atoms with Gasteiger partial charge in [0, 0.05) is 12.1 Å². The van der Waals surface area contributed by atoms with Gasteiger partial charge in [-0.2, -0.15) is 0 Å². The summed E-state index contributed by atoms with van der Waals surface area (Å²) in [5.74, 6) is 1.02. The second-order valence-corrected chi connectivity index (χ2v) is 6.48. The molecule has 1 saturated heterocycles. The van der Waals surface area contributed by atoms with Gasteiger partial charge in [-0.3, -0.25) is 9.69 Å². The normalized spacial score (nSPS) is 21.4. The molecule has 1 saturated carbocycles. The van der Waals surface area contributed by atoms with E-state index in [0.29, 0.717) is 12.6 Å². The predicted molar refractivity (Wildman–Crippen MR) is 82.7 cm³/mol. The lowest BCUT2D eigenvalue weighted by Gasteiger charge is -2.32. The third-order valence-corrected chi connectivity index (χ3v) is 4.70. The first-order chi connectivity index (χ1) is 9.71. The van der Waals surface area contributed by atoms with Gasteiger partial charge in [0.05, 0.1) is 6.54 Å². The van der Waals surface area contributed by atoms with Crippen molar-refractivity contribution in [3.05, 3.63) is 0 Å². The van der Waals surface area contributed by atoms with E-state index in [1.807, 2.05) is 0 Å². The number of hydrogen-bond acceptors (Lipinski definition) is 3. The van der Waals surface area contributed by atoms with Crippen molar-refractivity contribution in [3.63, 3.8) is 0 Å². The summed E-state index contributed by atoms with van der Waals surface area (Å²) >= 11 is 0. The van der Waals surface area contributed by atoms with Gasteiger partial charge in [0.1, 0.15) is 0 Å². The summed E-state index contributed by atoms with van der Waals surface area (Å²) in [5, 5.41) is 6.76. The molecule has 0 atom stereocenters. The highest BCUT2D eigenvalue weighted by molar-refractivity contribution is 5.78. The van der Waals surface area contributed by atoms with Gasteiger partial charge in [0.25, 0.3) is 0 Å². The minimum absolute atomic E-state index is 0.202. The van der Waals surface area contributed by atoms with E-state index in [-0.39, 0.29) is 5.91 Å². The molecule has 116 valence electrons. The molecular formula is C16H31N3O. The standard InChI is InChI=1S/C16H31N3O/c1-3-14(4-2)18-16(20)12-19-9-7-13(8-10-19)11-17-15-5-6-15/h13-15,17H,3-12H2,1-2H3,(H,18,20). The molecule has 2 aliphatic rings. The number of nitrogens with zero attached hydrogens (tertiary/aromatic N) is 1. The Morgan fingerprint density at radius 1 is 1.15 bits per heavy atom. The number of nitrogens with one attached hydrogen (secondary N) is 2. The van der Waals surface area contributed by atoms with Crippen molar-refractivity contribution in [2.24, 2.45) is 5.92 Å². The number of amides is 1. The fourth-order valence-electron chi connectivity index (χ4n) is 2.94. The molecule has 4 heteroatoms. The quantitative estimate of drug-likeness (QED) is 0.712. The van der Waals surface area contributed by atoms with E-state index < -0.39 is 0 Å². The van der Waals surface area contributed by atoms with Crippen molar-refractivity contribution in [2.75, 3.05) is 26.2 Å². The average molecular weight is 281 g/mol. The molecule has 0 aromatic rings. The van der Waals surface area contributed by atoms with Crippen molar-refractivity contribution < 1.29 is 4.79 Å². The van der Waals surface area contributed by atoms with E-state index in [1.165, 1.54) is 32.2 Å². The second kappa shape index (κ2) is 7.99. The average Bonchev–Trinajstić information content (AvgIpc) is 3.28. The highest BCUT2D eigenvalue weighted by Crippen LogP contribution is 2.21. The summed E-state index contributed by atoms with van der Waals surface area (Å²) in [6, 6.07) is 1.17. The first kappa shape index (κ1) is 15.8. The van der Waals surface area contributed by atoms with Crippen LogP contribution >= 0.6 is 0 Å². The van der Waals surface area contributed by atoms with Gasteiger partial charge in [0.15, 0.2) is 0 Å². The fourth-order valence-corrected chi connectivity index (χ4v) is 2.94. The molecule has 0 bridgehead atoms. The zero-order chi connectivity index (χ0) is 14.4. The van der Waals surface area contributed by atoms with Gasteiger partial charge in [-0.05, 0) is 64.1 Å². The summed E-state index contributed by atoms with van der Waals surface area (Å²) in [7, 11) is 0. The molecule has 20 heavy (non-hydrogen) atoms. The summed E-state index contributed by atoms with van der Waals surface area (Å²) < 4.78 is 0.